The van der Waals surface area contributed by atoms with E-state index in [1.807, 2.05) is 11.8 Å². The Morgan fingerprint density at radius 1 is 1.20 bits per heavy atom. The summed E-state index contributed by atoms with van der Waals surface area (Å²) in [6, 6.07) is 0. The standard InChI is InChI=1S/C8H10S2/c1-2-5-9-8-4-6-10-7(8)3-1/h1,3H,2,4-6H2. The fourth-order valence-corrected chi connectivity index (χ4v) is 3.60. The van der Waals surface area contributed by atoms with Crippen molar-refractivity contribution in [1.29, 1.82) is 0 Å². The molecule has 0 N–H and O–H groups in total. The molecule has 2 aliphatic heterocycles. The number of thioether (sulfide) groups is 2. The summed E-state index contributed by atoms with van der Waals surface area (Å²) in [5.41, 5.74) is 0. The third-order valence-electron chi connectivity index (χ3n) is 1.69. The monoisotopic (exact) mass is 170 g/mol. The van der Waals surface area contributed by atoms with Crippen LogP contribution in [0.5, 0.6) is 0 Å². The van der Waals surface area contributed by atoms with Crippen LogP contribution in [-0.4, -0.2) is 11.5 Å². The Morgan fingerprint density at radius 2 is 2.20 bits per heavy atom. The first-order valence-corrected chi connectivity index (χ1v) is 5.59. The Kier molecular flexibility index (Phi) is 2.10. The highest BCUT2D eigenvalue weighted by molar-refractivity contribution is 8.07. The zero-order valence-corrected chi connectivity index (χ0v) is 7.43. The van der Waals surface area contributed by atoms with Crippen LogP contribution in [0, 0.1) is 0 Å². The zero-order valence-electron chi connectivity index (χ0n) is 5.80. The lowest BCUT2D eigenvalue weighted by Gasteiger charge is -1.96. The summed E-state index contributed by atoms with van der Waals surface area (Å²) in [7, 11) is 0. The molecule has 0 fully saturated rings. The SMILES string of the molecule is C1=CC2=C(CCS2)SCC1. The van der Waals surface area contributed by atoms with E-state index in [0.717, 1.165) is 0 Å². The summed E-state index contributed by atoms with van der Waals surface area (Å²) < 4.78 is 0. The largest absolute Gasteiger partial charge is 0.129 e. The van der Waals surface area contributed by atoms with Gasteiger partial charge in [0.2, 0.25) is 0 Å². The minimum absolute atomic E-state index is 1.25. The quantitative estimate of drug-likeness (QED) is 0.548. The van der Waals surface area contributed by atoms with Crippen LogP contribution in [0.2, 0.25) is 0 Å². The highest BCUT2D eigenvalue weighted by Crippen LogP contribution is 2.40. The maximum atomic E-state index is 2.30. The molecule has 0 saturated carbocycles. The topological polar surface area (TPSA) is 0 Å². The molecule has 0 aromatic rings. The van der Waals surface area contributed by atoms with E-state index in [0.29, 0.717) is 0 Å². The average Bonchev–Trinajstić information content (AvgIpc) is 2.28. The maximum Gasteiger partial charge on any atom is 0.0164 e. The second-order valence-electron chi connectivity index (χ2n) is 2.43. The first kappa shape index (κ1) is 6.86. The second kappa shape index (κ2) is 3.05. The molecule has 2 heterocycles. The van der Waals surface area contributed by atoms with E-state index >= 15 is 0 Å². The zero-order chi connectivity index (χ0) is 6.81. The smallest absolute Gasteiger partial charge is 0.0164 e. The molecule has 0 atom stereocenters. The summed E-state index contributed by atoms with van der Waals surface area (Å²) >= 11 is 4.06. The van der Waals surface area contributed by atoms with E-state index < -0.39 is 0 Å². The molecule has 0 aromatic carbocycles. The van der Waals surface area contributed by atoms with Crippen LogP contribution in [0.3, 0.4) is 0 Å². The molecule has 2 aliphatic rings. The van der Waals surface area contributed by atoms with Gasteiger partial charge in [-0.1, -0.05) is 12.2 Å². The van der Waals surface area contributed by atoms with Crippen molar-refractivity contribution in [2.75, 3.05) is 11.5 Å². The van der Waals surface area contributed by atoms with Gasteiger partial charge in [-0.05, 0) is 17.7 Å². The minimum Gasteiger partial charge on any atom is -0.129 e. The van der Waals surface area contributed by atoms with Gasteiger partial charge in [-0.15, -0.1) is 23.5 Å². The van der Waals surface area contributed by atoms with Gasteiger partial charge in [0.1, 0.15) is 0 Å². The number of hydrogen-bond acceptors (Lipinski definition) is 2. The molecule has 2 rings (SSSR count). The fourth-order valence-electron chi connectivity index (χ4n) is 1.18. The van der Waals surface area contributed by atoms with Crippen molar-refractivity contribution in [2.45, 2.75) is 12.8 Å². The van der Waals surface area contributed by atoms with E-state index in [-0.39, 0.29) is 0 Å². The summed E-state index contributed by atoms with van der Waals surface area (Å²) in [6.45, 7) is 0. The van der Waals surface area contributed by atoms with Gasteiger partial charge >= 0.3 is 0 Å². The minimum atomic E-state index is 1.25. The van der Waals surface area contributed by atoms with E-state index in [1.165, 1.54) is 24.3 Å². The summed E-state index contributed by atoms with van der Waals surface area (Å²) in [5, 5.41) is 0. The van der Waals surface area contributed by atoms with E-state index in [2.05, 4.69) is 23.9 Å². The molecule has 0 amide bonds. The lowest BCUT2D eigenvalue weighted by atomic mass is 10.3. The molecular weight excluding hydrogens is 160 g/mol. The Hall–Kier alpha value is 0.180. The van der Waals surface area contributed by atoms with Crippen molar-refractivity contribution in [1.82, 2.24) is 0 Å². The van der Waals surface area contributed by atoms with Crippen LogP contribution in [0.4, 0.5) is 0 Å². The van der Waals surface area contributed by atoms with Crippen LogP contribution >= 0.6 is 23.5 Å². The van der Waals surface area contributed by atoms with Gasteiger partial charge in [0.05, 0.1) is 0 Å². The molecule has 0 radical (unpaired) electrons. The van der Waals surface area contributed by atoms with Gasteiger partial charge in [0, 0.05) is 16.4 Å². The third kappa shape index (κ3) is 1.28. The van der Waals surface area contributed by atoms with Crippen molar-refractivity contribution >= 4 is 23.5 Å². The lowest BCUT2D eigenvalue weighted by Crippen LogP contribution is -1.76. The predicted octanol–water partition coefficient (Wildman–Crippen LogP) is 3.03. The van der Waals surface area contributed by atoms with Gasteiger partial charge in [0.15, 0.2) is 0 Å². The van der Waals surface area contributed by atoms with Gasteiger partial charge in [-0.3, -0.25) is 0 Å². The van der Waals surface area contributed by atoms with Crippen LogP contribution in [0.1, 0.15) is 12.8 Å². The molecule has 0 aromatic heterocycles. The second-order valence-corrected chi connectivity index (χ2v) is 4.75. The average molecular weight is 170 g/mol. The van der Waals surface area contributed by atoms with Gasteiger partial charge < -0.3 is 0 Å². The van der Waals surface area contributed by atoms with Crippen LogP contribution in [0.15, 0.2) is 22.0 Å². The molecule has 10 heavy (non-hydrogen) atoms. The lowest BCUT2D eigenvalue weighted by molar-refractivity contribution is 1.23. The molecule has 0 aliphatic carbocycles. The summed E-state index contributed by atoms with van der Waals surface area (Å²) in [5.74, 6) is 2.60. The molecule has 54 valence electrons. The van der Waals surface area contributed by atoms with Crippen molar-refractivity contribution in [3.8, 4) is 0 Å². The normalized spacial score (nSPS) is 24.8. The highest BCUT2D eigenvalue weighted by Gasteiger charge is 2.14. The van der Waals surface area contributed by atoms with Crippen LogP contribution in [-0.2, 0) is 0 Å². The van der Waals surface area contributed by atoms with E-state index in [4.69, 9.17) is 0 Å². The Labute approximate surface area is 70.1 Å². The highest BCUT2D eigenvalue weighted by atomic mass is 32.2. The Bertz CT molecular complexity index is 191. The van der Waals surface area contributed by atoms with Crippen molar-refractivity contribution in [3.63, 3.8) is 0 Å². The number of allylic oxidation sites excluding steroid dienone is 3. The third-order valence-corrected chi connectivity index (χ3v) is 4.13. The molecule has 2 heteroatoms. The van der Waals surface area contributed by atoms with E-state index in [1.54, 1.807) is 9.81 Å². The Balaban J connectivity index is 2.22. The van der Waals surface area contributed by atoms with Crippen molar-refractivity contribution in [2.24, 2.45) is 0 Å². The molecule has 0 saturated heterocycles. The number of rotatable bonds is 0. The van der Waals surface area contributed by atoms with Gasteiger partial charge in [0.25, 0.3) is 0 Å². The first-order chi connectivity index (χ1) is 4.97. The fraction of sp³-hybridized carbons (Fsp3) is 0.500. The Morgan fingerprint density at radius 3 is 3.20 bits per heavy atom. The summed E-state index contributed by atoms with van der Waals surface area (Å²) in [4.78, 5) is 3.18. The summed E-state index contributed by atoms with van der Waals surface area (Å²) in [6.07, 6.45) is 7.16. The number of hydrogen-bond donors (Lipinski definition) is 0. The molecule has 0 spiro atoms. The molecular formula is C8H10S2. The van der Waals surface area contributed by atoms with Crippen LogP contribution in [0.25, 0.3) is 0 Å². The maximum absolute atomic E-state index is 2.30. The molecule has 0 nitrogen and oxygen atoms in total. The predicted molar refractivity (Wildman–Crippen MR) is 50.3 cm³/mol. The van der Waals surface area contributed by atoms with E-state index in [9.17, 15) is 0 Å². The van der Waals surface area contributed by atoms with Crippen LogP contribution < -0.4 is 0 Å². The van der Waals surface area contributed by atoms with Gasteiger partial charge in [-0.2, -0.15) is 0 Å². The molecule has 0 bridgehead atoms. The van der Waals surface area contributed by atoms with Crippen molar-refractivity contribution < 1.29 is 0 Å². The molecule has 0 unspecified atom stereocenters. The van der Waals surface area contributed by atoms with Gasteiger partial charge in [-0.25, -0.2) is 0 Å². The first-order valence-electron chi connectivity index (χ1n) is 3.62. The van der Waals surface area contributed by atoms with Crippen molar-refractivity contribution in [3.05, 3.63) is 22.0 Å².